The highest BCUT2D eigenvalue weighted by molar-refractivity contribution is 7.21. The molecule has 0 aliphatic carbocycles. The highest BCUT2D eigenvalue weighted by atomic mass is 35.5. The van der Waals surface area contributed by atoms with Crippen LogP contribution >= 0.6 is 23.7 Å². The molecule has 0 saturated carbocycles. The Morgan fingerprint density at radius 1 is 1.00 bits per heavy atom. The number of halogens is 1. The Morgan fingerprint density at radius 3 is 2.35 bits per heavy atom. The lowest BCUT2D eigenvalue weighted by atomic mass is 10.2. The van der Waals surface area contributed by atoms with Crippen molar-refractivity contribution in [1.82, 2.24) is 4.98 Å². The number of benzene rings is 2. The van der Waals surface area contributed by atoms with Crippen LogP contribution in [0.15, 0.2) is 42.5 Å². The first-order valence-corrected chi connectivity index (χ1v) is 7.10. The molecule has 3 aromatic rings. The molecule has 0 spiro atoms. The van der Waals surface area contributed by atoms with Crippen molar-refractivity contribution in [3.05, 3.63) is 48.0 Å². The summed E-state index contributed by atoms with van der Waals surface area (Å²) in [5.41, 5.74) is 4.76. The number of rotatable bonds is 2. The van der Waals surface area contributed by atoms with Crippen LogP contribution < -0.4 is 4.90 Å². The zero-order valence-corrected chi connectivity index (χ0v) is 13.4. The van der Waals surface area contributed by atoms with E-state index in [4.69, 9.17) is 4.98 Å². The van der Waals surface area contributed by atoms with Gasteiger partial charge in [-0.2, -0.15) is 0 Å². The molecule has 104 valence electrons. The topological polar surface area (TPSA) is 16.1 Å². The van der Waals surface area contributed by atoms with Crippen LogP contribution in [0.3, 0.4) is 0 Å². The molecule has 2 nitrogen and oxygen atoms in total. The van der Waals surface area contributed by atoms with E-state index in [-0.39, 0.29) is 12.4 Å². The van der Waals surface area contributed by atoms with Crippen LogP contribution in [0.1, 0.15) is 5.56 Å². The second-order valence-electron chi connectivity index (χ2n) is 4.93. The SMILES string of the molecule is Cc1ccc2nc(-c3ccc(N(C)C)cc3)sc2c1.Cl. The molecule has 0 bridgehead atoms. The Balaban J connectivity index is 0.00000147. The summed E-state index contributed by atoms with van der Waals surface area (Å²) in [5, 5.41) is 1.09. The van der Waals surface area contributed by atoms with Crippen molar-refractivity contribution in [3.63, 3.8) is 0 Å². The van der Waals surface area contributed by atoms with Gasteiger partial charge < -0.3 is 4.90 Å². The molecule has 0 saturated heterocycles. The van der Waals surface area contributed by atoms with Gasteiger partial charge >= 0.3 is 0 Å². The normalized spacial score (nSPS) is 10.3. The third-order valence-electron chi connectivity index (χ3n) is 3.17. The molecule has 0 aliphatic rings. The lowest BCUT2D eigenvalue weighted by molar-refractivity contribution is 1.13. The van der Waals surface area contributed by atoms with Crippen LogP contribution in [0.2, 0.25) is 0 Å². The highest BCUT2D eigenvalue weighted by Crippen LogP contribution is 2.31. The highest BCUT2D eigenvalue weighted by Gasteiger charge is 2.06. The molecule has 1 aromatic heterocycles. The Morgan fingerprint density at radius 2 is 1.70 bits per heavy atom. The summed E-state index contributed by atoms with van der Waals surface area (Å²) >= 11 is 1.75. The molecule has 0 N–H and O–H groups in total. The molecule has 2 aromatic carbocycles. The van der Waals surface area contributed by atoms with Crippen LogP contribution in [-0.4, -0.2) is 19.1 Å². The van der Waals surface area contributed by atoms with E-state index in [0.717, 1.165) is 10.5 Å². The van der Waals surface area contributed by atoms with E-state index in [0.29, 0.717) is 0 Å². The number of anilines is 1. The number of thiazole rings is 1. The van der Waals surface area contributed by atoms with E-state index in [1.54, 1.807) is 11.3 Å². The summed E-state index contributed by atoms with van der Waals surface area (Å²) in [6.07, 6.45) is 0. The van der Waals surface area contributed by atoms with Crippen molar-refractivity contribution in [1.29, 1.82) is 0 Å². The monoisotopic (exact) mass is 304 g/mol. The Bertz CT molecular complexity index is 717. The molecular formula is C16H17ClN2S. The van der Waals surface area contributed by atoms with Crippen LogP contribution in [0.4, 0.5) is 5.69 Å². The molecule has 0 fully saturated rings. The molecular weight excluding hydrogens is 288 g/mol. The number of fused-ring (bicyclic) bond motifs is 1. The third-order valence-corrected chi connectivity index (χ3v) is 4.24. The van der Waals surface area contributed by atoms with Crippen molar-refractivity contribution < 1.29 is 0 Å². The van der Waals surface area contributed by atoms with Gasteiger partial charge in [-0.25, -0.2) is 4.98 Å². The molecule has 20 heavy (non-hydrogen) atoms. The van der Waals surface area contributed by atoms with Gasteiger partial charge in [0.25, 0.3) is 0 Å². The summed E-state index contributed by atoms with van der Waals surface area (Å²) in [5.74, 6) is 0. The number of hydrogen-bond donors (Lipinski definition) is 0. The van der Waals surface area contributed by atoms with Gasteiger partial charge in [-0.05, 0) is 48.9 Å². The first kappa shape index (κ1) is 14.8. The fourth-order valence-corrected chi connectivity index (χ4v) is 3.13. The van der Waals surface area contributed by atoms with E-state index in [1.165, 1.54) is 21.5 Å². The van der Waals surface area contributed by atoms with Gasteiger partial charge in [0.05, 0.1) is 10.2 Å². The van der Waals surface area contributed by atoms with Gasteiger partial charge in [-0.3, -0.25) is 0 Å². The van der Waals surface area contributed by atoms with Crippen molar-refractivity contribution in [2.75, 3.05) is 19.0 Å². The van der Waals surface area contributed by atoms with Crippen LogP contribution in [0.5, 0.6) is 0 Å². The van der Waals surface area contributed by atoms with Crippen molar-refractivity contribution in [2.45, 2.75) is 6.92 Å². The van der Waals surface area contributed by atoms with Gasteiger partial charge in [0.1, 0.15) is 5.01 Å². The van der Waals surface area contributed by atoms with Gasteiger partial charge in [0, 0.05) is 25.3 Å². The number of nitrogens with zero attached hydrogens (tertiary/aromatic N) is 2. The van der Waals surface area contributed by atoms with Crippen molar-refractivity contribution >= 4 is 39.6 Å². The lowest BCUT2D eigenvalue weighted by Gasteiger charge is -2.11. The number of hydrogen-bond acceptors (Lipinski definition) is 3. The van der Waals surface area contributed by atoms with E-state index in [2.05, 4.69) is 68.4 Å². The second-order valence-corrected chi connectivity index (χ2v) is 5.96. The van der Waals surface area contributed by atoms with E-state index < -0.39 is 0 Å². The van der Waals surface area contributed by atoms with E-state index >= 15 is 0 Å². The van der Waals surface area contributed by atoms with Gasteiger partial charge in [-0.15, -0.1) is 23.7 Å². The maximum absolute atomic E-state index is 4.70. The average Bonchev–Trinajstić information content (AvgIpc) is 2.81. The molecule has 1 heterocycles. The van der Waals surface area contributed by atoms with Gasteiger partial charge in [0.2, 0.25) is 0 Å². The Labute approximate surface area is 129 Å². The quantitative estimate of drug-likeness (QED) is 0.678. The van der Waals surface area contributed by atoms with Crippen molar-refractivity contribution in [2.24, 2.45) is 0 Å². The summed E-state index contributed by atoms with van der Waals surface area (Å²) in [7, 11) is 4.10. The maximum atomic E-state index is 4.70. The summed E-state index contributed by atoms with van der Waals surface area (Å²) in [6.45, 7) is 2.12. The van der Waals surface area contributed by atoms with Crippen LogP contribution in [0.25, 0.3) is 20.8 Å². The second kappa shape index (κ2) is 5.81. The molecule has 0 radical (unpaired) electrons. The fourth-order valence-electron chi connectivity index (χ4n) is 2.06. The van der Waals surface area contributed by atoms with Crippen LogP contribution in [-0.2, 0) is 0 Å². The van der Waals surface area contributed by atoms with Gasteiger partial charge in [-0.1, -0.05) is 6.07 Å². The number of aromatic nitrogens is 1. The first-order valence-electron chi connectivity index (χ1n) is 6.28. The Hall–Kier alpha value is -1.58. The van der Waals surface area contributed by atoms with E-state index in [1.807, 2.05) is 0 Å². The standard InChI is InChI=1S/C16H16N2S.ClH/c1-11-4-9-14-15(10-11)19-16(17-14)12-5-7-13(8-6-12)18(2)3;/h4-10H,1-3H3;1H. The van der Waals surface area contributed by atoms with Crippen molar-refractivity contribution in [3.8, 4) is 10.6 Å². The van der Waals surface area contributed by atoms with Crippen LogP contribution in [0, 0.1) is 6.92 Å². The van der Waals surface area contributed by atoms with E-state index in [9.17, 15) is 0 Å². The maximum Gasteiger partial charge on any atom is 0.124 e. The summed E-state index contributed by atoms with van der Waals surface area (Å²) < 4.78 is 1.26. The minimum atomic E-state index is 0. The zero-order chi connectivity index (χ0) is 13.4. The molecule has 0 atom stereocenters. The predicted octanol–water partition coefficient (Wildman–Crippen LogP) is 4.76. The summed E-state index contributed by atoms with van der Waals surface area (Å²) in [4.78, 5) is 6.81. The smallest absolute Gasteiger partial charge is 0.124 e. The molecule has 0 aliphatic heterocycles. The first-order chi connectivity index (χ1) is 9.13. The largest absolute Gasteiger partial charge is 0.378 e. The minimum Gasteiger partial charge on any atom is -0.378 e. The lowest BCUT2D eigenvalue weighted by Crippen LogP contribution is -2.07. The minimum absolute atomic E-state index is 0. The Kier molecular flexibility index (Phi) is 4.31. The molecule has 0 amide bonds. The zero-order valence-electron chi connectivity index (χ0n) is 11.8. The fraction of sp³-hybridized carbons (Fsp3) is 0.188. The molecule has 0 unspecified atom stereocenters. The van der Waals surface area contributed by atoms with Gasteiger partial charge in [0.15, 0.2) is 0 Å². The third kappa shape index (κ3) is 2.79. The summed E-state index contributed by atoms with van der Waals surface area (Å²) in [6, 6.07) is 14.9. The average molecular weight is 305 g/mol. The number of aryl methyl sites for hydroxylation is 1. The molecule has 3 rings (SSSR count). The predicted molar refractivity (Wildman–Crippen MR) is 91.4 cm³/mol. The molecule has 4 heteroatoms.